The number of hydrogen-bond acceptors (Lipinski definition) is 3. The summed E-state index contributed by atoms with van der Waals surface area (Å²) >= 11 is 0. The number of nitrogens with zero attached hydrogens (tertiary/aromatic N) is 1. The monoisotopic (exact) mass is 273 g/mol. The van der Waals surface area contributed by atoms with Gasteiger partial charge in [-0.3, -0.25) is 4.79 Å². The molecule has 108 valence electrons. The summed E-state index contributed by atoms with van der Waals surface area (Å²) < 4.78 is 5.42. The molecule has 0 aliphatic heterocycles. The quantitative estimate of drug-likeness (QED) is 0.624. The molecule has 0 heterocycles. The second-order valence-corrected chi connectivity index (χ2v) is 5.43. The molecule has 0 unspecified atom stereocenters. The van der Waals surface area contributed by atoms with Crippen molar-refractivity contribution in [3.05, 3.63) is 48.0 Å². The van der Waals surface area contributed by atoms with E-state index in [1.165, 1.54) is 0 Å². The number of rotatable bonds is 4. The molecule has 2 rings (SSSR count). The molecule has 0 radical (unpaired) electrons. The minimum Gasteiger partial charge on any atom is -0.465 e. The topological polar surface area (TPSA) is 29.5 Å². The van der Waals surface area contributed by atoms with Gasteiger partial charge in [-0.1, -0.05) is 42.5 Å². The molecule has 0 saturated carbocycles. The molecule has 1 aliphatic rings. The minimum atomic E-state index is -0.602. The summed E-state index contributed by atoms with van der Waals surface area (Å²) in [6.07, 6.45) is 5.98. The fourth-order valence-electron chi connectivity index (χ4n) is 3.11. The van der Waals surface area contributed by atoms with Crippen molar-refractivity contribution < 1.29 is 9.53 Å². The Bertz CT molecular complexity index is 481. The Hall–Kier alpha value is -1.61. The highest BCUT2D eigenvalue weighted by Crippen LogP contribution is 2.40. The molecular formula is C17H23NO2. The van der Waals surface area contributed by atoms with Crippen LogP contribution in [-0.4, -0.2) is 37.6 Å². The molecule has 20 heavy (non-hydrogen) atoms. The van der Waals surface area contributed by atoms with Gasteiger partial charge in [-0.05, 0) is 39.4 Å². The zero-order chi connectivity index (χ0) is 14.6. The Labute approximate surface area is 121 Å². The molecule has 0 aromatic heterocycles. The average molecular weight is 273 g/mol. The summed E-state index contributed by atoms with van der Waals surface area (Å²) in [7, 11) is 4.02. The van der Waals surface area contributed by atoms with Crippen LogP contribution < -0.4 is 0 Å². The number of likely N-dealkylation sites (N-methyl/N-ethyl adjacent to an activating group) is 1. The van der Waals surface area contributed by atoms with Gasteiger partial charge in [-0.25, -0.2) is 0 Å². The fourth-order valence-corrected chi connectivity index (χ4v) is 3.11. The molecule has 2 atom stereocenters. The first-order chi connectivity index (χ1) is 9.63. The van der Waals surface area contributed by atoms with Crippen molar-refractivity contribution in [3.8, 4) is 0 Å². The van der Waals surface area contributed by atoms with Gasteiger partial charge in [-0.2, -0.15) is 0 Å². The van der Waals surface area contributed by atoms with Gasteiger partial charge < -0.3 is 9.64 Å². The van der Waals surface area contributed by atoms with E-state index in [0.717, 1.165) is 18.4 Å². The average Bonchev–Trinajstić information content (AvgIpc) is 2.48. The zero-order valence-corrected chi connectivity index (χ0v) is 12.5. The Kier molecular flexibility index (Phi) is 4.61. The summed E-state index contributed by atoms with van der Waals surface area (Å²) in [5, 5.41) is 0. The molecule has 0 fully saturated rings. The van der Waals surface area contributed by atoms with Crippen molar-refractivity contribution in [2.24, 2.45) is 0 Å². The Balaban J connectivity index is 2.54. The van der Waals surface area contributed by atoms with Crippen molar-refractivity contribution in [1.29, 1.82) is 0 Å². The zero-order valence-electron chi connectivity index (χ0n) is 12.5. The van der Waals surface area contributed by atoms with Crippen LogP contribution >= 0.6 is 0 Å². The van der Waals surface area contributed by atoms with Crippen LogP contribution in [0.2, 0.25) is 0 Å². The van der Waals surface area contributed by atoms with E-state index in [2.05, 4.69) is 17.1 Å². The molecule has 0 amide bonds. The molecular weight excluding hydrogens is 250 g/mol. The maximum absolute atomic E-state index is 12.8. The van der Waals surface area contributed by atoms with E-state index in [1.54, 1.807) is 0 Å². The van der Waals surface area contributed by atoms with Gasteiger partial charge in [0.15, 0.2) is 0 Å². The SMILES string of the molecule is CCOC(=O)[C@]1(c2ccccc2)CCC=C[C@@H]1N(C)C. The van der Waals surface area contributed by atoms with Gasteiger partial charge in [0.05, 0.1) is 6.61 Å². The molecule has 1 aromatic rings. The van der Waals surface area contributed by atoms with E-state index in [0.29, 0.717) is 6.61 Å². The van der Waals surface area contributed by atoms with Crippen molar-refractivity contribution >= 4 is 5.97 Å². The van der Waals surface area contributed by atoms with Crippen LogP contribution in [-0.2, 0) is 14.9 Å². The lowest BCUT2D eigenvalue weighted by Crippen LogP contribution is -2.54. The van der Waals surface area contributed by atoms with Crippen molar-refractivity contribution in [2.45, 2.75) is 31.2 Å². The number of hydrogen-bond donors (Lipinski definition) is 0. The summed E-state index contributed by atoms with van der Waals surface area (Å²) in [6.45, 7) is 2.28. The highest BCUT2D eigenvalue weighted by molar-refractivity contribution is 5.85. The summed E-state index contributed by atoms with van der Waals surface area (Å²) in [5.41, 5.74) is 0.441. The van der Waals surface area contributed by atoms with Crippen LogP contribution in [0.1, 0.15) is 25.3 Å². The first kappa shape index (κ1) is 14.8. The Morgan fingerprint density at radius 2 is 2.05 bits per heavy atom. The van der Waals surface area contributed by atoms with Gasteiger partial charge in [0.1, 0.15) is 5.41 Å². The lowest BCUT2D eigenvalue weighted by molar-refractivity contribution is -0.152. The van der Waals surface area contributed by atoms with E-state index in [1.807, 2.05) is 51.4 Å². The molecule has 0 saturated heterocycles. The van der Waals surface area contributed by atoms with Crippen molar-refractivity contribution in [3.63, 3.8) is 0 Å². The van der Waals surface area contributed by atoms with E-state index in [9.17, 15) is 4.79 Å². The number of allylic oxidation sites excluding steroid dienone is 1. The second kappa shape index (κ2) is 6.23. The maximum atomic E-state index is 12.8. The number of ether oxygens (including phenoxy) is 1. The highest BCUT2D eigenvalue weighted by atomic mass is 16.5. The van der Waals surface area contributed by atoms with Crippen LogP contribution in [0.15, 0.2) is 42.5 Å². The first-order valence-electron chi connectivity index (χ1n) is 7.18. The third-order valence-corrected chi connectivity index (χ3v) is 4.01. The smallest absolute Gasteiger partial charge is 0.318 e. The molecule has 0 spiro atoms. The van der Waals surface area contributed by atoms with Gasteiger partial charge in [0.2, 0.25) is 0 Å². The molecule has 3 heteroatoms. The predicted octanol–water partition coefficient (Wildman–Crippen LogP) is 2.77. The van der Waals surface area contributed by atoms with Crippen LogP contribution in [0.3, 0.4) is 0 Å². The molecule has 0 bridgehead atoms. The van der Waals surface area contributed by atoms with Crippen LogP contribution in [0.4, 0.5) is 0 Å². The fraction of sp³-hybridized carbons (Fsp3) is 0.471. The molecule has 3 nitrogen and oxygen atoms in total. The van der Waals surface area contributed by atoms with Crippen LogP contribution in [0.5, 0.6) is 0 Å². The third kappa shape index (κ3) is 2.50. The summed E-state index contributed by atoms with van der Waals surface area (Å²) in [5.74, 6) is -0.116. The van der Waals surface area contributed by atoms with Crippen molar-refractivity contribution in [2.75, 3.05) is 20.7 Å². The summed E-state index contributed by atoms with van der Waals surface area (Å²) in [6, 6.07) is 10.0. The van der Waals surface area contributed by atoms with Gasteiger partial charge in [-0.15, -0.1) is 0 Å². The molecule has 1 aromatic carbocycles. The highest BCUT2D eigenvalue weighted by Gasteiger charge is 2.49. The maximum Gasteiger partial charge on any atom is 0.318 e. The van der Waals surface area contributed by atoms with Crippen LogP contribution in [0, 0.1) is 0 Å². The molecule has 1 aliphatic carbocycles. The van der Waals surface area contributed by atoms with Gasteiger partial charge >= 0.3 is 5.97 Å². The lowest BCUT2D eigenvalue weighted by atomic mass is 9.68. The van der Waals surface area contributed by atoms with Crippen molar-refractivity contribution in [1.82, 2.24) is 4.90 Å². The van der Waals surface area contributed by atoms with Gasteiger partial charge in [0, 0.05) is 6.04 Å². The first-order valence-corrected chi connectivity index (χ1v) is 7.18. The lowest BCUT2D eigenvalue weighted by Gasteiger charge is -2.42. The number of carbonyl (C=O) groups excluding carboxylic acids is 1. The predicted molar refractivity (Wildman–Crippen MR) is 80.6 cm³/mol. The van der Waals surface area contributed by atoms with E-state index in [4.69, 9.17) is 4.74 Å². The van der Waals surface area contributed by atoms with E-state index in [-0.39, 0.29) is 12.0 Å². The second-order valence-electron chi connectivity index (χ2n) is 5.43. The standard InChI is InChI=1S/C17H23NO2/c1-4-20-16(19)17(14-10-6-5-7-11-14)13-9-8-12-15(17)18(2)3/h5-8,10-12,15H,4,9,13H2,1-3H3/t15-,17-/m0/s1. The number of esters is 1. The van der Waals surface area contributed by atoms with E-state index < -0.39 is 5.41 Å². The van der Waals surface area contributed by atoms with Crippen LogP contribution in [0.25, 0.3) is 0 Å². The summed E-state index contributed by atoms with van der Waals surface area (Å²) in [4.78, 5) is 14.8. The number of carbonyl (C=O) groups is 1. The number of benzene rings is 1. The Morgan fingerprint density at radius 3 is 2.65 bits per heavy atom. The van der Waals surface area contributed by atoms with Gasteiger partial charge in [0.25, 0.3) is 0 Å². The molecule has 0 N–H and O–H groups in total. The third-order valence-electron chi connectivity index (χ3n) is 4.01. The van der Waals surface area contributed by atoms with E-state index >= 15 is 0 Å². The normalized spacial score (nSPS) is 25.7. The largest absolute Gasteiger partial charge is 0.465 e. The Morgan fingerprint density at radius 1 is 1.35 bits per heavy atom. The minimum absolute atomic E-state index is 0.0256.